The summed E-state index contributed by atoms with van der Waals surface area (Å²) in [5, 5.41) is 7.18. The molecule has 5 N–H and O–H groups in total. The minimum atomic E-state index is -0.412. The number of pyridine rings is 2. The molecule has 8 nitrogen and oxygen atoms in total. The van der Waals surface area contributed by atoms with Gasteiger partial charge in [0.05, 0.1) is 17.1 Å². The first-order valence-electron chi connectivity index (χ1n) is 9.88. The molecule has 0 saturated heterocycles. The molecule has 32 heavy (non-hydrogen) atoms. The fourth-order valence-corrected chi connectivity index (χ4v) is 3.51. The van der Waals surface area contributed by atoms with Crippen molar-refractivity contribution in [3.8, 4) is 11.3 Å². The summed E-state index contributed by atoms with van der Waals surface area (Å²) >= 11 is 0. The average molecular weight is 426 g/mol. The molecule has 0 spiro atoms. The lowest BCUT2D eigenvalue weighted by Gasteiger charge is -2.12. The first-order chi connectivity index (χ1) is 15.6. The highest BCUT2D eigenvalue weighted by Crippen LogP contribution is 2.30. The molecule has 0 amide bonds. The number of benzene rings is 1. The monoisotopic (exact) mass is 426 g/mol. The number of nitrogens with one attached hydrogen (secondary N) is 3. The van der Waals surface area contributed by atoms with E-state index in [9.17, 15) is 4.39 Å². The summed E-state index contributed by atoms with van der Waals surface area (Å²) in [7, 11) is 0. The van der Waals surface area contributed by atoms with Crippen LogP contribution in [0.25, 0.3) is 22.3 Å². The number of nitrogen functional groups attached to an aromatic ring is 1. The summed E-state index contributed by atoms with van der Waals surface area (Å²) < 4.78 is 14.9. The molecule has 4 heterocycles. The Hall–Kier alpha value is -4.53. The van der Waals surface area contributed by atoms with Crippen molar-refractivity contribution in [3.05, 3.63) is 78.6 Å². The van der Waals surface area contributed by atoms with Crippen molar-refractivity contribution in [2.24, 2.45) is 0 Å². The molecule has 0 bridgehead atoms. The molecule has 9 heteroatoms. The van der Waals surface area contributed by atoms with Crippen LogP contribution in [0.3, 0.4) is 0 Å². The average Bonchev–Trinajstić information content (AvgIpc) is 3.18. The first kappa shape index (κ1) is 19.4. The molecule has 1 aromatic carbocycles. The molecule has 5 rings (SSSR count). The van der Waals surface area contributed by atoms with Crippen LogP contribution in [-0.4, -0.2) is 24.9 Å². The van der Waals surface area contributed by atoms with E-state index in [0.29, 0.717) is 22.9 Å². The SMILES string of the molecule is Cc1c[nH]c2nccc(Nc3ccc(Nc4cc(-c5ccncc5)nc(N)n4)cc3F)c12. The summed E-state index contributed by atoms with van der Waals surface area (Å²) in [4.78, 5) is 19.9. The lowest BCUT2D eigenvalue weighted by atomic mass is 10.2. The minimum Gasteiger partial charge on any atom is -0.368 e. The molecule has 0 aliphatic rings. The molecule has 0 unspecified atom stereocenters. The maximum Gasteiger partial charge on any atom is 0.222 e. The van der Waals surface area contributed by atoms with Crippen LogP contribution in [0.5, 0.6) is 0 Å². The molecule has 4 aromatic heterocycles. The highest BCUT2D eigenvalue weighted by molar-refractivity contribution is 5.94. The van der Waals surface area contributed by atoms with Crippen molar-refractivity contribution in [2.45, 2.75) is 6.92 Å². The van der Waals surface area contributed by atoms with Crippen LogP contribution in [-0.2, 0) is 0 Å². The Balaban J connectivity index is 1.40. The summed E-state index contributed by atoms with van der Waals surface area (Å²) in [6.45, 7) is 1.97. The molecule has 0 aliphatic heterocycles. The summed E-state index contributed by atoms with van der Waals surface area (Å²) in [5.74, 6) is 0.164. The highest BCUT2D eigenvalue weighted by atomic mass is 19.1. The fourth-order valence-electron chi connectivity index (χ4n) is 3.51. The number of nitrogens with zero attached hydrogens (tertiary/aromatic N) is 4. The van der Waals surface area contributed by atoms with Gasteiger partial charge in [0.2, 0.25) is 5.95 Å². The molecule has 0 atom stereocenters. The largest absolute Gasteiger partial charge is 0.368 e. The lowest BCUT2D eigenvalue weighted by Crippen LogP contribution is -2.02. The van der Waals surface area contributed by atoms with E-state index in [1.165, 1.54) is 6.07 Å². The van der Waals surface area contributed by atoms with E-state index in [0.717, 1.165) is 27.8 Å². The zero-order valence-corrected chi connectivity index (χ0v) is 17.1. The minimum absolute atomic E-state index is 0.115. The maximum atomic E-state index is 14.9. The van der Waals surface area contributed by atoms with Crippen LogP contribution in [0.1, 0.15) is 5.56 Å². The van der Waals surface area contributed by atoms with Crippen molar-refractivity contribution < 1.29 is 4.39 Å². The predicted octanol–water partition coefficient (Wildman–Crippen LogP) is 4.93. The number of aromatic nitrogens is 5. The Kier molecular flexibility index (Phi) is 4.83. The predicted molar refractivity (Wildman–Crippen MR) is 123 cm³/mol. The van der Waals surface area contributed by atoms with Crippen LogP contribution in [0.2, 0.25) is 0 Å². The van der Waals surface area contributed by atoms with E-state index in [4.69, 9.17) is 5.73 Å². The quantitative estimate of drug-likeness (QED) is 0.315. The molecule has 0 saturated carbocycles. The van der Waals surface area contributed by atoms with Crippen LogP contribution in [0, 0.1) is 12.7 Å². The summed E-state index contributed by atoms with van der Waals surface area (Å²) in [6, 6.07) is 12.0. The zero-order chi connectivity index (χ0) is 22.1. The number of aryl methyl sites for hydroxylation is 1. The Labute approximate surface area is 182 Å². The van der Waals surface area contributed by atoms with Crippen molar-refractivity contribution in [1.82, 2.24) is 24.9 Å². The van der Waals surface area contributed by atoms with E-state index in [-0.39, 0.29) is 5.95 Å². The number of aromatic amines is 1. The normalized spacial score (nSPS) is 10.9. The Morgan fingerprint density at radius 1 is 0.938 bits per heavy atom. The Morgan fingerprint density at radius 2 is 1.78 bits per heavy atom. The number of rotatable bonds is 5. The van der Waals surface area contributed by atoms with Crippen LogP contribution in [0.15, 0.2) is 67.3 Å². The van der Waals surface area contributed by atoms with Crippen molar-refractivity contribution in [1.29, 1.82) is 0 Å². The van der Waals surface area contributed by atoms with E-state index in [1.807, 2.05) is 31.3 Å². The van der Waals surface area contributed by atoms with Gasteiger partial charge in [-0.25, -0.2) is 14.4 Å². The van der Waals surface area contributed by atoms with Gasteiger partial charge in [-0.3, -0.25) is 4.98 Å². The standard InChI is InChI=1S/C23H19FN8/c1-13-12-28-22-21(13)18(6-9-27-22)30-17-3-2-15(10-16(17)24)29-20-11-19(31-23(25)32-20)14-4-7-26-8-5-14/h2-12H,1H3,(H2,27,28,30)(H3,25,29,31,32). The summed E-state index contributed by atoms with van der Waals surface area (Å²) in [6.07, 6.45) is 6.90. The van der Waals surface area contributed by atoms with Gasteiger partial charge in [-0.15, -0.1) is 0 Å². The van der Waals surface area contributed by atoms with Gasteiger partial charge in [-0.05, 0) is 48.9 Å². The van der Waals surface area contributed by atoms with Crippen molar-refractivity contribution >= 4 is 39.9 Å². The van der Waals surface area contributed by atoms with Gasteiger partial charge in [0.15, 0.2) is 0 Å². The van der Waals surface area contributed by atoms with Gasteiger partial charge in [-0.1, -0.05) is 0 Å². The molecule has 0 aliphatic carbocycles. The molecular weight excluding hydrogens is 407 g/mol. The summed E-state index contributed by atoms with van der Waals surface area (Å²) in [5.41, 5.74) is 10.8. The second-order valence-corrected chi connectivity index (χ2v) is 7.23. The van der Waals surface area contributed by atoms with E-state index in [1.54, 1.807) is 36.8 Å². The molecule has 158 valence electrons. The van der Waals surface area contributed by atoms with Gasteiger partial charge in [-0.2, -0.15) is 4.98 Å². The molecular formula is C23H19FN8. The van der Waals surface area contributed by atoms with Crippen LogP contribution < -0.4 is 16.4 Å². The van der Waals surface area contributed by atoms with E-state index < -0.39 is 5.82 Å². The number of anilines is 5. The zero-order valence-electron chi connectivity index (χ0n) is 17.1. The number of halogens is 1. The van der Waals surface area contributed by atoms with Gasteiger partial charge >= 0.3 is 0 Å². The van der Waals surface area contributed by atoms with Crippen LogP contribution >= 0.6 is 0 Å². The number of fused-ring (bicyclic) bond motifs is 1. The second-order valence-electron chi connectivity index (χ2n) is 7.23. The van der Waals surface area contributed by atoms with Gasteiger partial charge in [0, 0.05) is 47.5 Å². The maximum absolute atomic E-state index is 14.9. The van der Waals surface area contributed by atoms with Gasteiger partial charge < -0.3 is 21.4 Å². The number of nitrogens with two attached hydrogens (primary N) is 1. The Bertz CT molecular complexity index is 1410. The molecule has 0 fully saturated rings. The van der Waals surface area contributed by atoms with Gasteiger partial charge in [0.25, 0.3) is 0 Å². The smallest absolute Gasteiger partial charge is 0.222 e. The third-order valence-electron chi connectivity index (χ3n) is 5.00. The first-order valence-corrected chi connectivity index (χ1v) is 9.88. The number of hydrogen-bond donors (Lipinski definition) is 4. The van der Waals surface area contributed by atoms with Crippen LogP contribution in [0.4, 0.5) is 33.2 Å². The lowest BCUT2D eigenvalue weighted by molar-refractivity contribution is 0.632. The fraction of sp³-hybridized carbons (Fsp3) is 0.0435. The topological polar surface area (TPSA) is 117 Å². The van der Waals surface area contributed by atoms with Crippen molar-refractivity contribution in [3.63, 3.8) is 0 Å². The third-order valence-corrected chi connectivity index (χ3v) is 5.00. The van der Waals surface area contributed by atoms with Crippen molar-refractivity contribution in [2.75, 3.05) is 16.4 Å². The second kappa shape index (κ2) is 7.95. The van der Waals surface area contributed by atoms with Gasteiger partial charge in [0.1, 0.15) is 17.3 Å². The highest BCUT2D eigenvalue weighted by Gasteiger charge is 2.11. The Morgan fingerprint density at radius 3 is 2.59 bits per heavy atom. The van der Waals surface area contributed by atoms with E-state index >= 15 is 0 Å². The molecule has 5 aromatic rings. The third kappa shape index (κ3) is 3.79. The number of hydrogen-bond acceptors (Lipinski definition) is 7. The van der Waals surface area contributed by atoms with E-state index in [2.05, 4.69) is 35.6 Å². The molecule has 0 radical (unpaired) electrons. The number of H-pyrrole nitrogens is 1.